The topological polar surface area (TPSA) is 58.4 Å². The van der Waals surface area contributed by atoms with Crippen molar-refractivity contribution in [2.24, 2.45) is 0 Å². The van der Waals surface area contributed by atoms with Gasteiger partial charge in [0.05, 0.1) is 0 Å². The van der Waals surface area contributed by atoms with Gasteiger partial charge >= 0.3 is 6.03 Å². The lowest BCUT2D eigenvalue weighted by Crippen LogP contribution is -2.35. The zero-order valence-electron chi connectivity index (χ0n) is 11.5. The zero-order chi connectivity index (χ0) is 14.4. The van der Waals surface area contributed by atoms with Gasteiger partial charge in [-0.2, -0.15) is 0 Å². The summed E-state index contributed by atoms with van der Waals surface area (Å²) < 4.78 is 0. The molecule has 0 saturated heterocycles. The lowest BCUT2D eigenvalue weighted by molar-refractivity contribution is 0.257. The van der Waals surface area contributed by atoms with Gasteiger partial charge in [0, 0.05) is 23.6 Å². The van der Waals surface area contributed by atoms with Crippen molar-refractivity contribution in [1.29, 1.82) is 0 Å². The van der Waals surface area contributed by atoms with Crippen molar-refractivity contribution in [3.63, 3.8) is 0 Å². The summed E-state index contributed by atoms with van der Waals surface area (Å²) in [4.78, 5) is 14.1. The predicted octanol–water partition coefficient (Wildman–Crippen LogP) is 3.72. The Bertz CT molecular complexity index is 569. The Morgan fingerprint density at radius 3 is 2.55 bits per heavy atom. The average Bonchev–Trinajstić information content (AvgIpc) is 2.45. The molecule has 104 valence electrons. The molecule has 0 bridgehead atoms. The van der Waals surface area contributed by atoms with Crippen LogP contribution in [0, 0.1) is 0 Å². The molecular formula is C16H19N3O. The normalized spacial score (nSPS) is 10.1. The molecule has 0 unspecified atom stereocenters. The second-order valence-electron chi connectivity index (χ2n) is 4.54. The number of nitrogen functional groups attached to an aromatic ring is 1. The largest absolute Gasteiger partial charge is 0.399 e. The number of hydrogen-bond acceptors (Lipinski definition) is 2. The number of amides is 2. The average molecular weight is 269 g/mol. The number of nitrogens with zero attached hydrogens (tertiary/aromatic N) is 1. The maximum atomic E-state index is 12.4. The number of rotatable bonds is 4. The quantitative estimate of drug-likeness (QED) is 0.831. The fourth-order valence-corrected chi connectivity index (χ4v) is 1.98. The number of hydrogen-bond donors (Lipinski definition) is 2. The van der Waals surface area contributed by atoms with Crippen molar-refractivity contribution in [3.05, 3.63) is 54.6 Å². The molecule has 0 heterocycles. The van der Waals surface area contributed by atoms with E-state index in [1.165, 1.54) is 0 Å². The van der Waals surface area contributed by atoms with Crippen molar-refractivity contribution >= 4 is 23.1 Å². The van der Waals surface area contributed by atoms with Gasteiger partial charge in [-0.25, -0.2) is 4.79 Å². The molecule has 4 heteroatoms. The Labute approximate surface area is 119 Å². The Balaban J connectivity index is 2.18. The summed E-state index contributed by atoms with van der Waals surface area (Å²) in [6.07, 6.45) is 0.872. The van der Waals surface area contributed by atoms with Crippen LogP contribution in [0.4, 0.5) is 21.9 Å². The van der Waals surface area contributed by atoms with E-state index in [0.717, 1.165) is 17.8 Å². The van der Waals surface area contributed by atoms with E-state index in [1.807, 2.05) is 55.5 Å². The number of urea groups is 1. The van der Waals surface area contributed by atoms with Crippen molar-refractivity contribution in [2.45, 2.75) is 13.3 Å². The number of benzene rings is 2. The van der Waals surface area contributed by atoms with Gasteiger partial charge in [-0.15, -0.1) is 0 Å². The number of anilines is 3. The van der Waals surface area contributed by atoms with Crippen LogP contribution in [0.1, 0.15) is 13.3 Å². The van der Waals surface area contributed by atoms with Crippen LogP contribution in [-0.2, 0) is 0 Å². The Kier molecular flexibility index (Phi) is 4.60. The molecule has 2 rings (SSSR count). The number of para-hydroxylation sites is 1. The third kappa shape index (κ3) is 3.51. The molecule has 0 radical (unpaired) electrons. The lowest BCUT2D eigenvalue weighted by atomic mass is 10.2. The summed E-state index contributed by atoms with van der Waals surface area (Å²) in [5, 5.41) is 2.89. The number of nitrogens with one attached hydrogen (secondary N) is 1. The van der Waals surface area contributed by atoms with E-state index in [-0.39, 0.29) is 6.03 Å². The smallest absolute Gasteiger partial charge is 0.326 e. The lowest BCUT2D eigenvalue weighted by Gasteiger charge is -2.23. The van der Waals surface area contributed by atoms with Crippen LogP contribution < -0.4 is 16.0 Å². The minimum atomic E-state index is -0.149. The molecule has 3 N–H and O–H groups in total. The summed E-state index contributed by atoms with van der Waals surface area (Å²) in [7, 11) is 0. The third-order valence-corrected chi connectivity index (χ3v) is 2.90. The summed E-state index contributed by atoms with van der Waals surface area (Å²) in [5.41, 5.74) is 8.02. The molecule has 0 spiro atoms. The van der Waals surface area contributed by atoms with Gasteiger partial charge in [0.2, 0.25) is 0 Å². The summed E-state index contributed by atoms with van der Waals surface area (Å²) in [6, 6.07) is 16.6. The van der Waals surface area contributed by atoms with Crippen molar-refractivity contribution in [3.8, 4) is 0 Å². The molecule has 4 nitrogen and oxygen atoms in total. The zero-order valence-corrected chi connectivity index (χ0v) is 11.5. The molecule has 20 heavy (non-hydrogen) atoms. The molecule has 0 fully saturated rings. The monoisotopic (exact) mass is 269 g/mol. The van der Waals surface area contributed by atoms with Crippen LogP contribution in [0.25, 0.3) is 0 Å². The minimum Gasteiger partial charge on any atom is -0.399 e. The van der Waals surface area contributed by atoms with Crippen LogP contribution in [0.5, 0.6) is 0 Å². The third-order valence-electron chi connectivity index (χ3n) is 2.90. The predicted molar refractivity (Wildman–Crippen MR) is 84.0 cm³/mol. The molecule has 2 aromatic carbocycles. The molecule has 0 aliphatic rings. The van der Waals surface area contributed by atoms with E-state index in [2.05, 4.69) is 5.32 Å². The van der Waals surface area contributed by atoms with Gasteiger partial charge in [0.15, 0.2) is 0 Å². The van der Waals surface area contributed by atoms with E-state index < -0.39 is 0 Å². The molecule has 0 saturated carbocycles. The van der Waals surface area contributed by atoms with E-state index in [9.17, 15) is 4.79 Å². The first-order valence-corrected chi connectivity index (χ1v) is 6.70. The first kappa shape index (κ1) is 13.9. The number of carbonyl (C=O) groups is 1. The highest BCUT2D eigenvalue weighted by Crippen LogP contribution is 2.19. The first-order valence-electron chi connectivity index (χ1n) is 6.70. The molecule has 0 aliphatic heterocycles. The van der Waals surface area contributed by atoms with Crippen molar-refractivity contribution in [2.75, 3.05) is 22.5 Å². The second-order valence-corrected chi connectivity index (χ2v) is 4.54. The molecule has 0 atom stereocenters. The van der Waals surface area contributed by atoms with Crippen LogP contribution in [0.3, 0.4) is 0 Å². The maximum Gasteiger partial charge on any atom is 0.326 e. The van der Waals surface area contributed by atoms with Gasteiger partial charge in [-0.1, -0.05) is 31.2 Å². The van der Waals surface area contributed by atoms with Gasteiger partial charge < -0.3 is 11.1 Å². The van der Waals surface area contributed by atoms with E-state index in [1.54, 1.807) is 11.0 Å². The fraction of sp³-hybridized carbons (Fsp3) is 0.188. The van der Waals surface area contributed by atoms with Gasteiger partial charge in [-0.3, -0.25) is 4.90 Å². The highest BCUT2D eigenvalue weighted by Gasteiger charge is 2.14. The van der Waals surface area contributed by atoms with Gasteiger partial charge in [0.1, 0.15) is 0 Å². The summed E-state index contributed by atoms with van der Waals surface area (Å²) in [6.45, 7) is 2.68. The fourth-order valence-electron chi connectivity index (χ4n) is 1.98. The van der Waals surface area contributed by atoms with E-state index in [4.69, 9.17) is 5.73 Å². The second kappa shape index (κ2) is 6.61. The van der Waals surface area contributed by atoms with E-state index in [0.29, 0.717) is 12.2 Å². The number of carbonyl (C=O) groups excluding carboxylic acids is 1. The Morgan fingerprint density at radius 2 is 1.90 bits per heavy atom. The van der Waals surface area contributed by atoms with Gasteiger partial charge in [0.25, 0.3) is 0 Å². The summed E-state index contributed by atoms with van der Waals surface area (Å²) >= 11 is 0. The Morgan fingerprint density at radius 1 is 1.15 bits per heavy atom. The molecule has 0 aromatic heterocycles. The highest BCUT2D eigenvalue weighted by molar-refractivity contribution is 6.01. The molecular weight excluding hydrogens is 250 g/mol. The number of nitrogens with two attached hydrogens (primary N) is 1. The maximum absolute atomic E-state index is 12.4. The van der Waals surface area contributed by atoms with Crippen molar-refractivity contribution in [1.82, 2.24) is 0 Å². The standard InChI is InChI=1S/C16H19N3O/c1-2-11-19(15-10-6-7-13(17)12-15)16(20)18-14-8-4-3-5-9-14/h3-10,12H,2,11,17H2,1H3,(H,18,20). The van der Waals surface area contributed by atoms with Gasteiger partial charge in [-0.05, 0) is 36.8 Å². The summed E-state index contributed by atoms with van der Waals surface area (Å²) in [5.74, 6) is 0. The molecule has 2 aromatic rings. The van der Waals surface area contributed by atoms with Crippen LogP contribution >= 0.6 is 0 Å². The van der Waals surface area contributed by atoms with Crippen LogP contribution in [0.2, 0.25) is 0 Å². The minimum absolute atomic E-state index is 0.149. The van der Waals surface area contributed by atoms with Crippen LogP contribution in [0.15, 0.2) is 54.6 Å². The highest BCUT2D eigenvalue weighted by atomic mass is 16.2. The SMILES string of the molecule is CCCN(C(=O)Nc1ccccc1)c1cccc(N)c1. The Hall–Kier alpha value is -2.49. The van der Waals surface area contributed by atoms with Crippen LogP contribution in [-0.4, -0.2) is 12.6 Å². The van der Waals surface area contributed by atoms with Crippen molar-refractivity contribution < 1.29 is 4.79 Å². The first-order chi connectivity index (χ1) is 9.70. The molecule has 0 aliphatic carbocycles. The molecule has 2 amide bonds. The van der Waals surface area contributed by atoms with E-state index >= 15 is 0 Å².